The predicted octanol–water partition coefficient (Wildman–Crippen LogP) is 3.25. The maximum atomic E-state index is 11.2. The molecule has 0 atom stereocenters. The van der Waals surface area contributed by atoms with Crippen molar-refractivity contribution in [1.29, 1.82) is 0 Å². The van der Waals surface area contributed by atoms with Gasteiger partial charge in [-0.05, 0) is 59.4 Å². The molecule has 94 valence electrons. The highest BCUT2D eigenvalue weighted by atomic mass is 16.1. The van der Waals surface area contributed by atoms with Crippen LogP contribution in [-0.2, 0) is 4.79 Å². The fourth-order valence-corrected chi connectivity index (χ4v) is 2.73. The van der Waals surface area contributed by atoms with E-state index in [4.69, 9.17) is 0 Å². The minimum absolute atomic E-state index is 0.473. The standard InChI is InChI=1S/C14H27NO/c1-11(2)15(12(3)4)10-9-13-5-7-14(16)8-6-13/h11-13H,5-10H2,1-4H3. The molecule has 1 aliphatic rings. The lowest BCUT2D eigenvalue weighted by Gasteiger charge is -2.32. The van der Waals surface area contributed by atoms with Crippen molar-refractivity contribution in [2.45, 2.75) is 71.9 Å². The minimum atomic E-state index is 0.473. The molecule has 1 saturated carbocycles. The summed E-state index contributed by atoms with van der Waals surface area (Å²) in [6.07, 6.45) is 5.18. The number of rotatable bonds is 5. The van der Waals surface area contributed by atoms with Gasteiger partial charge in [0, 0.05) is 24.9 Å². The van der Waals surface area contributed by atoms with E-state index in [1.807, 2.05) is 0 Å². The molecule has 2 nitrogen and oxygen atoms in total. The Morgan fingerprint density at radius 1 is 1.12 bits per heavy atom. The van der Waals surface area contributed by atoms with E-state index in [0.717, 1.165) is 31.6 Å². The number of hydrogen-bond acceptors (Lipinski definition) is 2. The summed E-state index contributed by atoms with van der Waals surface area (Å²) in [4.78, 5) is 13.7. The lowest BCUT2D eigenvalue weighted by atomic mass is 9.86. The van der Waals surface area contributed by atoms with E-state index in [9.17, 15) is 4.79 Å². The zero-order chi connectivity index (χ0) is 12.1. The fourth-order valence-electron chi connectivity index (χ4n) is 2.73. The zero-order valence-electron chi connectivity index (χ0n) is 11.3. The van der Waals surface area contributed by atoms with Gasteiger partial charge in [0.05, 0.1) is 0 Å². The van der Waals surface area contributed by atoms with Crippen molar-refractivity contribution in [3.8, 4) is 0 Å². The molecule has 0 N–H and O–H groups in total. The molecule has 0 aromatic heterocycles. The Kier molecular flexibility index (Phi) is 5.47. The molecule has 2 heteroatoms. The third-order valence-electron chi connectivity index (χ3n) is 3.78. The summed E-state index contributed by atoms with van der Waals surface area (Å²) in [5, 5.41) is 0. The van der Waals surface area contributed by atoms with Gasteiger partial charge in [0.15, 0.2) is 0 Å². The number of ketones is 1. The molecule has 0 saturated heterocycles. The van der Waals surface area contributed by atoms with Gasteiger partial charge in [0.1, 0.15) is 5.78 Å². The van der Waals surface area contributed by atoms with Crippen molar-refractivity contribution in [1.82, 2.24) is 4.90 Å². The molecule has 0 aromatic carbocycles. The van der Waals surface area contributed by atoms with Crippen LogP contribution in [0.2, 0.25) is 0 Å². The Balaban J connectivity index is 2.29. The van der Waals surface area contributed by atoms with Gasteiger partial charge in [-0.3, -0.25) is 9.69 Å². The monoisotopic (exact) mass is 225 g/mol. The van der Waals surface area contributed by atoms with Gasteiger partial charge in [-0.25, -0.2) is 0 Å². The van der Waals surface area contributed by atoms with Crippen LogP contribution in [0.1, 0.15) is 59.8 Å². The predicted molar refractivity (Wildman–Crippen MR) is 68.6 cm³/mol. The maximum Gasteiger partial charge on any atom is 0.132 e. The SMILES string of the molecule is CC(C)N(CCC1CCC(=O)CC1)C(C)C. The van der Waals surface area contributed by atoms with Crippen LogP contribution in [0.15, 0.2) is 0 Å². The summed E-state index contributed by atoms with van der Waals surface area (Å²) in [6, 6.07) is 1.26. The fraction of sp³-hybridized carbons (Fsp3) is 0.929. The van der Waals surface area contributed by atoms with Gasteiger partial charge >= 0.3 is 0 Å². The van der Waals surface area contributed by atoms with Crippen molar-refractivity contribution in [2.75, 3.05) is 6.54 Å². The molecule has 0 spiro atoms. The summed E-state index contributed by atoms with van der Waals surface area (Å²) < 4.78 is 0. The zero-order valence-corrected chi connectivity index (χ0v) is 11.3. The van der Waals surface area contributed by atoms with Crippen LogP contribution in [-0.4, -0.2) is 29.3 Å². The van der Waals surface area contributed by atoms with E-state index >= 15 is 0 Å². The summed E-state index contributed by atoms with van der Waals surface area (Å²) in [5.41, 5.74) is 0. The quantitative estimate of drug-likeness (QED) is 0.716. The lowest BCUT2D eigenvalue weighted by molar-refractivity contribution is -0.121. The first kappa shape index (κ1) is 13.7. The van der Waals surface area contributed by atoms with Gasteiger partial charge in [-0.15, -0.1) is 0 Å². The molecule has 0 heterocycles. The molecule has 1 rings (SSSR count). The number of Topliss-reactive ketones (excluding diaryl/α,β-unsaturated/α-hetero) is 1. The van der Waals surface area contributed by atoms with E-state index in [1.165, 1.54) is 13.0 Å². The van der Waals surface area contributed by atoms with Crippen LogP contribution < -0.4 is 0 Å². The van der Waals surface area contributed by atoms with Crippen molar-refractivity contribution >= 4 is 5.78 Å². The third-order valence-corrected chi connectivity index (χ3v) is 3.78. The molecule has 0 bridgehead atoms. The Morgan fingerprint density at radius 2 is 1.62 bits per heavy atom. The molecule has 0 aromatic rings. The summed E-state index contributed by atoms with van der Waals surface area (Å²) in [7, 11) is 0. The van der Waals surface area contributed by atoms with Gasteiger partial charge in [-0.1, -0.05) is 0 Å². The molecular formula is C14H27NO. The molecule has 0 radical (unpaired) electrons. The first-order chi connectivity index (χ1) is 7.50. The number of carbonyl (C=O) groups excluding carboxylic acids is 1. The highest BCUT2D eigenvalue weighted by Crippen LogP contribution is 2.25. The first-order valence-corrected chi connectivity index (χ1v) is 6.78. The second kappa shape index (κ2) is 6.39. The largest absolute Gasteiger partial charge is 0.300 e. The van der Waals surface area contributed by atoms with Crippen molar-refractivity contribution in [2.24, 2.45) is 5.92 Å². The average molecular weight is 225 g/mol. The minimum Gasteiger partial charge on any atom is -0.300 e. The first-order valence-electron chi connectivity index (χ1n) is 6.78. The second-order valence-electron chi connectivity index (χ2n) is 5.70. The van der Waals surface area contributed by atoms with Gasteiger partial charge in [0.25, 0.3) is 0 Å². The Labute approximate surface area is 100 Å². The van der Waals surface area contributed by atoms with Crippen LogP contribution in [0.4, 0.5) is 0 Å². The highest BCUT2D eigenvalue weighted by Gasteiger charge is 2.20. The lowest BCUT2D eigenvalue weighted by Crippen LogP contribution is -2.38. The van der Waals surface area contributed by atoms with Crippen molar-refractivity contribution in [3.05, 3.63) is 0 Å². The van der Waals surface area contributed by atoms with Gasteiger partial charge in [-0.2, -0.15) is 0 Å². The highest BCUT2D eigenvalue weighted by molar-refractivity contribution is 5.78. The number of hydrogen-bond donors (Lipinski definition) is 0. The molecule has 0 amide bonds. The summed E-state index contributed by atoms with van der Waals surface area (Å²) in [5.74, 6) is 1.26. The van der Waals surface area contributed by atoms with E-state index < -0.39 is 0 Å². The molecular weight excluding hydrogens is 198 g/mol. The van der Waals surface area contributed by atoms with E-state index in [1.54, 1.807) is 0 Å². The second-order valence-corrected chi connectivity index (χ2v) is 5.70. The smallest absolute Gasteiger partial charge is 0.132 e. The van der Waals surface area contributed by atoms with Gasteiger partial charge in [0.2, 0.25) is 0 Å². The van der Waals surface area contributed by atoms with Gasteiger partial charge < -0.3 is 0 Å². The van der Waals surface area contributed by atoms with E-state index in [0.29, 0.717) is 17.9 Å². The van der Waals surface area contributed by atoms with Crippen LogP contribution in [0.3, 0.4) is 0 Å². The Morgan fingerprint density at radius 3 is 2.06 bits per heavy atom. The molecule has 16 heavy (non-hydrogen) atoms. The number of nitrogens with zero attached hydrogens (tertiary/aromatic N) is 1. The topological polar surface area (TPSA) is 20.3 Å². The normalized spacial score (nSPS) is 19.1. The summed E-state index contributed by atoms with van der Waals surface area (Å²) in [6.45, 7) is 10.3. The Hall–Kier alpha value is -0.370. The van der Waals surface area contributed by atoms with E-state index in [2.05, 4.69) is 32.6 Å². The van der Waals surface area contributed by atoms with E-state index in [-0.39, 0.29) is 0 Å². The molecule has 0 aliphatic heterocycles. The van der Waals surface area contributed by atoms with Crippen LogP contribution in [0.25, 0.3) is 0 Å². The number of carbonyl (C=O) groups is 1. The van der Waals surface area contributed by atoms with Crippen molar-refractivity contribution in [3.63, 3.8) is 0 Å². The summed E-state index contributed by atoms with van der Waals surface area (Å²) >= 11 is 0. The van der Waals surface area contributed by atoms with Crippen LogP contribution in [0, 0.1) is 5.92 Å². The third kappa shape index (κ3) is 4.25. The van der Waals surface area contributed by atoms with Crippen molar-refractivity contribution < 1.29 is 4.79 Å². The molecule has 0 unspecified atom stereocenters. The van der Waals surface area contributed by atoms with Crippen LogP contribution in [0.5, 0.6) is 0 Å². The molecule has 1 fully saturated rings. The molecule has 1 aliphatic carbocycles. The maximum absolute atomic E-state index is 11.2. The average Bonchev–Trinajstić information content (AvgIpc) is 2.20. The Bertz CT molecular complexity index is 205. The van der Waals surface area contributed by atoms with Crippen LogP contribution >= 0.6 is 0 Å².